The van der Waals surface area contributed by atoms with E-state index in [1.54, 1.807) is 12.2 Å². The van der Waals surface area contributed by atoms with Crippen molar-refractivity contribution in [3.8, 4) is 0 Å². The second-order valence-corrected chi connectivity index (χ2v) is 10.4. The summed E-state index contributed by atoms with van der Waals surface area (Å²) in [7, 11) is 0. The Kier molecular flexibility index (Phi) is 5.91. The molecule has 0 aromatic rings. The predicted octanol–water partition coefficient (Wildman–Crippen LogP) is 4.80. The van der Waals surface area contributed by atoms with E-state index in [4.69, 9.17) is 9.47 Å². The number of fused-ring (bicyclic) bond motifs is 5. The summed E-state index contributed by atoms with van der Waals surface area (Å²) in [6, 6.07) is 0. The number of hydrogen-bond acceptors (Lipinski definition) is 5. The maximum atomic E-state index is 12.2. The molecule has 0 spiro atoms. The third-order valence-corrected chi connectivity index (χ3v) is 8.89. The highest BCUT2D eigenvalue weighted by atomic mass is 16.5. The van der Waals surface area contributed by atoms with Crippen molar-refractivity contribution in [2.24, 2.45) is 34.5 Å². The van der Waals surface area contributed by atoms with Crippen LogP contribution in [0.3, 0.4) is 0 Å². The maximum Gasteiger partial charge on any atom is 0.305 e. The highest BCUT2D eigenvalue weighted by Crippen LogP contribution is 2.66. The van der Waals surface area contributed by atoms with Crippen molar-refractivity contribution in [1.29, 1.82) is 0 Å². The first-order valence-corrected chi connectivity index (χ1v) is 12.0. The minimum absolute atomic E-state index is 0.00302. The highest BCUT2D eigenvalue weighted by molar-refractivity contribution is 6.01. The van der Waals surface area contributed by atoms with Gasteiger partial charge in [-0.05, 0) is 67.9 Å². The number of carbonyl (C=O) groups is 3. The first-order chi connectivity index (χ1) is 14.7. The van der Waals surface area contributed by atoms with Crippen molar-refractivity contribution in [3.63, 3.8) is 0 Å². The first kappa shape index (κ1) is 22.3. The molecule has 4 rings (SSSR count). The van der Waals surface area contributed by atoms with Crippen LogP contribution in [0.1, 0.15) is 72.6 Å². The highest BCUT2D eigenvalue weighted by Gasteiger charge is 2.62. The minimum Gasteiger partial charge on any atom is -0.464 e. The zero-order valence-electron chi connectivity index (χ0n) is 19.3. The van der Waals surface area contributed by atoms with Crippen LogP contribution >= 0.6 is 0 Å². The fourth-order valence-electron chi connectivity index (χ4n) is 7.31. The average molecular weight is 429 g/mol. The van der Waals surface area contributed by atoms with E-state index in [1.165, 1.54) is 0 Å². The van der Waals surface area contributed by atoms with Gasteiger partial charge in [-0.15, -0.1) is 0 Å². The molecule has 3 saturated carbocycles. The average Bonchev–Trinajstić information content (AvgIpc) is 3.08. The normalized spacial score (nSPS) is 41.0. The lowest BCUT2D eigenvalue weighted by Gasteiger charge is -2.59. The Labute approximate surface area is 185 Å². The Morgan fingerprint density at radius 2 is 1.84 bits per heavy atom. The van der Waals surface area contributed by atoms with Gasteiger partial charge in [-0.2, -0.15) is 0 Å². The smallest absolute Gasteiger partial charge is 0.305 e. The molecule has 4 aliphatic rings. The molecule has 170 valence electrons. The van der Waals surface area contributed by atoms with Gasteiger partial charge in [0, 0.05) is 23.7 Å². The molecule has 0 aromatic heterocycles. The van der Waals surface area contributed by atoms with Crippen LogP contribution in [0.4, 0.5) is 0 Å². The van der Waals surface area contributed by atoms with Crippen LogP contribution < -0.4 is 0 Å². The summed E-state index contributed by atoms with van der Waals surface area (Å²) in [5, 5.41) is 0. The van der Waals surface area contributed by atoms with Gasteiger partial charge in [0.05, 0.1) is 0 Å². The lowest BCUT2D eigenvalue weighted by Crippen LogP contribution is -2.55. The predicted molar refractivity (Wildman–Crippen MR) is 117 cm³/mol. The van der Waals surface area contributed by atoms with Crippen LogP contribution in [0.15, 0.2) is 23.8 Å². The van der Waals surface area contributed by atoms with Crippen molar-refractivity contribution >= 4 is 17.7 Å². The number of carbonyl (C=O) groups excluding carboxylic acids is 3. The molecular weight excluding hydrogens is 392 g/mol. The van der Waals surface area contributed by atoms with Gasteiger partial charge in [0.15, 0.2) is 5.78 Å². The van der Waals surface area contributed by atoms with Gasteiger partial charge in [0.2, 0.25) is 0 Å². The molecule has 5 heteroatoms. The van der Waals surface area contributed by atoms with E-state index in [0.717, 1.165) is 37.7 Å². The molecule has 0 N–H and O–H groups in total. The van der Waals surface area contributed by atoms with Crippen LogP contribution in [-0.4, -0.2) is 30.4 Å². The van der Waals surface area contributed by atoms with Gasteiger partial charge < -0.3 is 9.47 Å². The van der Waals surface area contributed by atoms with Crippen LogP contribution in [0.25, 0.3) is 0 Å². The van der Waals surface area contributed by atoms with Crippen LogP contribution in [0.2, 0.25) is 0 Å². The van der Waals surface area contributed by atoms with Gasteiger partial charge in [-0.1, -0.05) is 39.3 Å². The van der Waals surface area contributed by atoms with Crippen molar-refractivity contribution in [2.75, 3.05) is 6.61 Å². The van der Waals surface area contributed by atoms with E-state index in [-0.39, 0.29) is 34.7 Å². The minimum atomic E-state index is -0.380. The van der Waals surface area contributed by atoms with E-state index in [0.29, 0.717) is 43.1 Å². The summed E-state index contributed by atoms with van der Waals surface area (Å²) in [6.45, 7) is 8.60. The maximum absolute atomic E-state index is 12.2. The fraction of sp³-hybridized carbons (Fsp3) is 0.731. The molecule has 0 heterocycles. The van der Waals surface area contributed by atoms with Gasteiger partial charge in [0.1, 0.15) is 12.7 Å². The zero-order valence-corrected chi connectivity index (χ0v) is 19.3. The zero-order chi connectivity index (χ0) is 22.4. The lowest BCUT2D eigenvalue weighted by molar-refractivity contribution is -0.161. The second-order valence-electron chi connectivity index (χ2n) is 10.4. The Morgan fingerprint density at radius 1 is 1.10 bits per heavy atom. The Hall–Kier alpha value is -1.91. The summed E-state index contributed by atoms with van der Waals surface area (Å²) in [6.07, 6.45) is 11.1. The van der Waals surface area contributed by atoms with Crippen LogP contribution in [0.5, 0.6) is 0 Å². The molecular formula is C26H36O5. The monoisotopic (exact) mass is 428 g/mol. The molecule has 4 aliphatic carbocycles. The molecule has 0 aromatic carbocycles. The Balaban J connectivity index is 1.67. The molecule has 0 radical (unpaired) electrons. The third-order valence-electron chi connectivity index (χ3n) is 8.89. The number of rotatable bonds is 5. The molecule has 5 nitrogen and oxygen atoms in total. The van der Waals surface area contributed by atoms with Crippen molar-refractivity contribution in [3.05, 3.63) is 23.8 Å². The second kappa shape index (κ2) is 8.22. The summed E-state index contributed by atoms with van der Waals surface area (Å²) in [5.74, 6) is 1.44. The number of hydrogen-bond donors (Lipinski definition) is 0. The largest absolute Gasteiger partial charge is 0.464 e. The third kappa shape index (κ3) is 3.58. The SMILES string of the molecule is CCC(=O)OC[C@]12C=CC(=O)C=C1C[C@@H](C)[C@H]1[C@@H]3CC[C@H](OC(=O)CC)[C@@]3(C)CC[C@@H]12. The quantitative estimate of drug-likeness (QED) is 0.589. The number of esters is 2. The molecule has 3 fully saturated rings. The van der Waals surface area contributed by atoms with Gasteiger partial charge >= 0.3 is 11.9 Å². The van der Waals surface area contributed by atoms with Crippen LogP contribution in [0, 0.1) is 34.5 Å². The van der Waals surface area contributed by atoms with Gasteiger partial charge in [0.25, 0.3) is 0 Å². The first-order valence-electron chi connectivity index (χ1n) is 12.0. The number of allylic oxidation sites excluding steroid dienone is 2. The molecule has 0 unspecified atom stereocenters. The number of ketones is 1. The summed E-state index contributed by atoms with van der Waals surface area (Å²) in [4.78, 5) is 36.3. The Morgan fingerprint density at radius 3 is 2.55 bits per heavy atom. The van der Waals surface area contributed by atoms with Gasteiger partial charge in [-0.3, -0.25) is 14.4 Å². The van der Waals surface area contributed by atoms with E-state index in [2.05, 4.69) is 13.8 Å². The summed E-state index contributed by atoms with van der Waals surface area (Å²) < 4.78 is 11.6. The van der Waals surface area contributed by atoms with E-state index in [1.807, 2.05) is 19.9 Å². The lowest BCUT2D eigenvalue weighted by atomic mass is 9.46. The molecule has 0 amide bonds. The summed E-state index contributed by atoms with van der Waals surface area (Å²) >= 11 is 0. The van der Waals surface area contributed by atoms with E-state index < -0.39 is 0 Å². The Bertz CT molecular complexity index is 826. The van der Waals surface area contributed by atoms with Gasteiger partial charge in [-0.25, -0.2) is 0 Å². The molecule has 0 saturated heterocycles. The molecule has 31 heavy (non-hydrogen) atoms. The molecule has 0 aliphatic heterocycles. The standard InChI is InChI=1S/C26H36O5/c1-5-22(28)30-15-26-12-9-18(27)14-17(26)13-16(3)24-19-7-8-21(31-23(29)6-2)25(19,4)11-10-20(24)26/h9,12,14,16,19-21,24H,5-8,10-11,13,15H2,1-4H3/t16-,19+,20+,21+,24+,25+,26-/m1/s1. The number of ether oxygens (including phenoxy) is 2. The summed E-state index contributed by atoms with van der Waals surface area (Å²) in [5.41, 5.74) is 0.750. The molecule has 0 bridgehead atoms. The van der Waals surface area contributed by atoms with E-state index >= 15 is 0 Å². The fourth-order valence-corrected chi connectivity index (χ4v) is 7.31. The molecule has 7 atom stereocenters. The van der Waals surface area contributed by atoms with Crippen molar-refractivity contribution in [2.45, 2.75) is 78.7 Å². The van der Waals surface area contributed by atoms with Crippen molar-refractivity contribution < 1.29 is 23.9 Å². The van der Waals surface area contributed by atoms with E-state index in [9.17, 15) is 14.4 Å². The van der Waals surface area contributed by atoms with Crippen molar-refractivity contribution in [1.82, 2.24) is 0 Å². The van der Waals surface area contributed by atoms with Crippen LogP contribution in [-0.2, 0) is 23.9 Å². The topological polar surface area (TPSA) is 69.7 Å².